The van der Waals surface area contributed by atoms with Crippen LogP contribution in [-0.2, 0) is 19.1 Å². The van der Waals surface area contributed by atoms with Crippen LogP contribution in [0.5, 0.6) is 0 Å². The summed E-state index contributed by atoms with van der Waals surface area (Å²) in [6.45, 7) is 4.92. The SMILES string of the molecule is C[C@H]1CC2C3CC[C@](OC(=O)c4ccc(-c5ccccc5)cc4)(C(=O)OCC#N)C3(C)CC(O)[C@]2(F)C2(C)C=CC(=O)C=C12. The van der Waals surface area contributed by atoms with Crippen molar-refractivity contribution in [3.05, 3.63) is 84.0 Å². The number of aliphatic hydroxyl groups excluding tert-OH is 1. The first kappa shape index (κ1) is 30.0. The van der Waals surface area contributed by atoms with Gasteiger partial charge in [0.25, 0.3) is 0 Å². The van der Waals surface area contributed by atoms with Crippen molar-refractivity contribution in [1.82, 2.24) is 0 Å². The molecule has 0 amide bonds. The molecule has 3 fully saturated rings. The first-order chi connectivity index (χ1) is 20.9. The molecule has 0 aliphatic heterocycles. The summed E-state index contributed by atoms with van der Waals surface area (Å²) in [5.41, 5.74) is -3.59. The molecular weight excluding hydrogens is 561 g/mol. The molecule has 0 saturated heterocycles. The number of aliphatic hydroxyl groups is 1. The Hall–Kier alpha value is -4.09. The number of rotatable bonds is 5. The zero-order valence-corrected chi connectivity index (χ0v) is 25.1. The molecule has 5 unspecified atom stereocenters. The highest BCUT2D eigenvalue weighted by atomic mass is 19.1. The number of ketones is 1. The molecule has 6 rings (SSSR count). The van der Waals surface area contributed by atoms with Gasteiger partial charge in [-0.25, -0.2) is 14.0 Å². The Balaban J connectivity index is 1.37. The molecule has 4 aliphatic rings. The van der Waals surface area contributed by atoms with Crippen molar-refractivity contribution >= 4 is 17.7 Å². The van der Waals surface area contributed by atoms with Gasteiger partial charge in [0.05, 0.1) is 11.7 Å². The van der Waals surface area contributed by atoms with Crippen molar-refractivity contribution in [3.8, 4) is 17.2 Å². The fourth-order valence-corrected chi connectivity index (χ4v) is 8.99. The van der Waals surface area contributed by atoms with E-state index in [2.05, 4.69) is 0 Å². The minimum atomic E-state index is -2.11. The highest BCUT2D eigenvalue weighted by Gasteiger charge is 2.76. The van der Waals surface area contributed by atoms with Crippen LogP contribution in [0.3, 0.4) is 0 Å². The predicted molar refractivity (Wildman–Crippen MR) is 159 cm³/mol. The summed E-state index contributed by atoms with van der Waals surface area (Å²) in [4.78, 5) is 39.8. The molecule has 0 spiro atoms. The molecule has 0 heterocycles. The van der Waals surface area contributed by atoms with E-state index in [4.69, 9.17) is 9.47 Å². The highest BCUT2D eigenvalue weighted by molar-refractivity contribution is 6.01. The Kier molecular flexibility index (Phi) is 7.16. The predicted octanol–water partition coefficient (Wildman–Crippen LogP) is 5.93. The second-order valence-corrected chi connectivity index (χ2v) is 13.2. The van der Waals surface area contributed by atoms with Crippen molar-refractivity contribution in [2.24, 2.45) is 28.6 Å². The molecule has 1 N–H and O–H groups in total. The van der Waals surface area contributed by atoms with E-state index in [1.165, 1.54) is 12.2 Å². The van der Waals surface area contributed by atoms with Gasteiger partial charge in [0.2, 0.25) is 5.60 Å². The third kappa shape index (κ3) is 4.12. The summed E-state index contributed by atoms with van der Waals surface area (Å²) in [6, 6.07) is 18.3. The van der Waals surface area contributed by atoms with Crippen molar-refractivity contribution < 1.29 is 33.4 Å². The summed E-state index contributed by atoms with van der Waals surface area (Å²) in [5, 5.41) is 20.9. The van der Waals surface area contributed by atoms with E-state index in [0.717, 1.165) is 11.1 Å². The third-order valence-electron chi connectivity index (χ3n) is 11.2. The first-order valence-corrected chi connectivity index (χ1v) is 15.2. The fourth-order valence-electron chi connectivity index (χ4n) is 8.99. The number of halogens is 1. The molecule has 0 bridgehead atoms. The molecule has 228 valence electrons. The Bertz CT molecular complexity index is 1610. The number of alkyl halides is 1. The van der Waals surface area contributed by atoms with Crippen molar-refractivity contribution in [1.29, 1.82) is 5.26 Å². The van der Waals surface area contributed by atoms with Crippen LogP contribution < -0.4 is 0 Å². The van der Waals surface area contributed by atoms with Crippen molar-refractivity contribution in [3.63, 3.8) is 0 Å². The zero-order valence-electron chi connectivity index (χ0n) is 25.1. The Labute approximate surface area is 256 Å². The minimum Gasteiger partial charge on any atom is -0.447 e. The minimum absolute atomic E-state index is 0.0632. The van der Waals surface area contributed by atoms with Crippen molar-refractivity contribution in [2.45, 2.75) is 63.8 Å². The lowest BCUT2D eigenvalue weighted by atomic mass is 9.43. The van der Waals surface area contributed by atoms with Crippen LogP contribution in [0, 0.1) is 39.9 Å². The van der Waals surface area contributed by atoms with Gasteiger partial charge in [-0.3, -0.25) is 4.79 Å². The molecule has 8 atom stereocenters. The van der Waals surface area contributed by atoms with Gasteiger partial charge in [0.15, 0.2) is 18.1 Å². The number of benzene rings is 2. The standard InChI is InChI=1S/C36H36FNO6/c1-22-19-29-27-14-16-35(32(42)43-18-17-38,44-31(41)25-11-9-24(10-12-25)23-7-5-4-6-8-23)34(27,3)21-30(40)36(29,37)33(2)15-13-26(39)20-28(22)33/h4-13,15,20,22,27,29-30,40H,14,16,18-19,21H2,1-3H3/t22-,27?,29?,30?,33?,34?,35-,36-/m0/s1. The topological polar surface area (TPSA) is 114 Å². The number of nitriles is 1. The van der Waals surface area contributed by atoms with E-state index in [1.807, 2.05) is 37.3 Å². The molecule has 2 aromatic rings. The first-order valence-electron chi connectivity index (χ1n) is 15.2. The van der Waals surface area contributed by atoms with E-state index < -0.39 is 58.6 Å². The molecule has 8 heteroatoms. The van der Waals surface area contributed by atoms with E-state index >= 15 is 4.39 Å². The summed E-state index contributed by atoms with van der Waals surface area (Å²) in [5.74, 6) is -3.11. The number of fused-ring (bicyclic) bond motifs is 5. The number of allylic oxidation sites excluding steroid dienone is 4. The smallest absolute Gasteiger partial charge is 0.352 e. The second-order valence-electron chi connectivity index (χ2n) is 13.2. The van der Waals surface area contributed by atoms with Gasteiger partial charge in [-0.1, -0.05) is 68.0 Å². The molecule has 0 radical (unpaired) electrons. The van der Waals surface area contributed by atoms with Gasteiger partial charge in [-0.15, -0.1) is 0 Å². The van der Waals surface area contributed by atoms with Crippen LogP contribution in [0.15, 0.2) is 78.4 Å². The zero-order chi connectivity index (χ0) is 31.5. The summed E-state index contributed by atoms with van der Waals surface area (Å²) in [7, 11) is 0. The molecule has 4 aliphatic carbocycles. The number of carbonyl (C=O) groups excluding carboxylic acids is 3. The van der Waals surface area contributed by atoms with Gasteiger partial charge >= 0.3 is 11.9 Å². The van der Waals surface area contributed by atoms with Gasteiger partial charge < -0.3 is 14.6 Å². The normalized spacial score (nSPS) is 37.1. The second kappa shape index (κ2) is 10.5. The molecule has 2 aromatic carbocycles. The number of carbonyl (C=O) groups is 3. The quantitative estimate of drug-likeness (QED) is 0.425. The van der Waals surface area contributed by atoms with E-state index in [-0.39, 0.29) is 30.1 Å². The number of hydrogen-bond acceptors (Lipinski definition) is 7. The van der Waals surface area contributed by atoms with Crippen LogP contribution in [0.25, 0.3) is 11.1 Å². The number of nitrogens with zero attached hydrogens (tertiary/aromatic N) is 1. The molecular formula is C36H36FNO6. The lowest BCUT2D eigenvalue weighted by molar-refractivity contribution is -0.227. The van der Waals surface area contributed by atoms with Crippen LogP contribution in [-0.4, -0.2) is 46.8 Å². The monoisotopic (exact) mass is 597 g/mol. The summed E-state index contributed by atoms with van der Waals surface area (Å²) < 4.78 is 29.2. The number of esters is 2. The van der Waals surface area contributed by atoms with E-state index in [0.29, 0.717) is 18.4 Å². The lowest BCUT2D eigenvalue weighted by Crippen LogP contribution is -2.70. The van der Waals surface area contributed by atoms with E-state index in [9.17, 15) is 24.8 Å². The number of ether oxygens (including phenoxy) is 2. The van der Waals surface area contributed by atoms with Crippen molar-refractivity contribution in [2.75, 3.05) is 6.61 Å². The highest BCUT2D eigenvalue weighted by Crippen LogP contribution is 2.71. The average molecular weight is 598 g/mol. The average Bonchev–Trinajstić information content (AvgIpc) is 3.30. The number of hydrogen-bond donors (Lipinski definition) is 1. The molecule has 3 saturated carbocycles. The Morgan fingerprint density at radius 2 is 1.75 bits per heavy atom. The van der Waals surface area contributed by atoms with E-state index in [1.54, 1.807) is 50.3 Å². The lowest BCUT2D eigenvalue weighted by Gasteiger charge is -2.63. The van der Waals surface area contributed by atoms with Gasteiger partial charge in [-0.2, -0.15) is 5.26 Å². The molecule has 7 nitrogen and oxygen atoms in total. The maximum absolute atomic E-state index is 17.7. The molecule has 44 heavy (non-hydrogen) atoms. The van der Waals surface area contributed by atoms with Crippen LogP contribution in [0.4, 0.5) is 4.39 Å². The third-order valence-corrected chi connectivity index (χ3v) is 11.2. The summed E-state index contributed by atoms with van der Waals surface area (Å²) >= 11 is 0. The van der Waals surface area contributed by atoms with Crippen LogP contribution in [0.1, 0.15) is 56.8 Å². The fraction of sp³-hybridized carbons (Fsp3) is 0.444. The Morgan fingerprint density at radius 1 is 1.07 bits per heavy atom. The van der Waals surface area contributed by atoms with Gasteiger partial charge in [0, 0.05) is 16.7 Å². The maximum atomic E-state index is 17.7. The molecule has 0 aromatic heterocycles. The van der Waals surface area contributed by atoms with Gasteiger partial charge in [0.1, 0.15) is 6.07 Å². The largest absolute Gasteiger partial charge is 0.447 e. The Morgan fingerprint density at radius 3 is 2.43 bits per heavy atom. The maximum Gasteiger partial charge on any atom is 0.352 e. The summed E-state index contributed by atoms with van der Waals surface area (Å²) in [6.07, 6.45) is 3.51. The van der Waals surface area contributed by atoms with Crippen LogP contribution >= 0.6 is 0 Å². The van der Waals surface area contributed by atoms with Crippen LogP contribution in [0.2, 0.25) is 0 Å². The van der Waals surface area contributed by atoms with Gasteiger partial charge in [-0.05, 0) is 79.9 Å².